The van der Waals surface area contributed by atoms with Gasteiger partial charge in [0.05, 0.1) is 11.6 Å². The van der Waals surface area contributed by atoms with Gasteiger partial charge in [0.2, 0.25) is 0 Å². The van der Waals surface area contributed by atoms with E-state index in [4.69, 9.17) is 5.73 Å². The predicted molar refractivity (Wildman–Crippen MR) is 71.3 cm³/mol. The van der Waals surface area contributed by atoms with Crippen molar-refractivity contribution < 1.29 is 13.2 Å². The van der Waals surface area contributed by atoms with Crippen molar-refractivity contribution >= 4 is 11.3 Å². The number of hydrogen-bond acceptors (Lipinski definition) is 2. The second-order valence-electron chi connectivity index (χ2n) is 4.51. The van der Waals surface area contributed by atoms with E-state index in [1.54, 1.807) is 6.07 Å². The van der Waals surface area contributed by atoms with Crippen LogP contribution < -0.4 is 5.73 Å². The summed E-state index contributed by atoms with van der Waals surface area (Å²) in [5, 5.41) is 0. The van der Waals surface area contributed by atoms with E-state index in [1.807, 2.05) is 19.9 Å². The van der Waals surface area contributed by atoms with Crippen LogP contribution in [-0.4, -0.2) is 0 Å². The van der Waals surface area contributed by atoms with Gasteiger partial charge in [-0.15, -0.1) is 11.3 Å². The molecule has 2 rings (SSSR count). The van der Waals surface area contributed by atoms with E-state index in [0.29, 0.717) is 5.56 Å². The topological polar surface area (TPSA) is 26.0 Å². The smallest absolute Gasteiger partial charge is 0.320 e. The molecule has 0 saturated heterocycles. The quantitative estimate of drug-likeness (QED) is 0.867. The minimum Gasteiger partial charge on any atom is -0.320 e. The molecule has 102 valence electrons. The summed E-state index contributed by atoms with van der Waals surface area (Å²) in [5.41, 5.74) is 6.93. The zero-order chi connectivity index (χ0) is 14.2. The Morgan fingerprint density at radius 1 is 1.16 bits per heavy atom. The van der Waals surface area contributed by atoms with Gasteiger partial charge in [0.1, 0.15) is 0 Å². The summed E-state index contributed by atoms with van der Waals surface area (Å²) in [6.45, 7) is 3.88. The maximum absolute atomic E-state index is 12.7. The Morgan fingerprint density at radius 3 is 2.37 bits per heavy atom. The Labute approximate surface area is 113 Å². The number of benzene rings is 1. The normalized spacial score (nSPS) is 13.6. The Kier molecular flexibility index (Phi) is 3.69. The van der Waals surface area contributed by atoms with Gasteiger partial charge in [-0.2, -0.15) is 13.2 Å². The molecule has 0 aliphatic heterocycles. The molecule has 2 N–H and O–H groups in total. The third-order valence-electron chi connectivity index (χ3n) is 2.93. The number of alkyl halides is 3. The van der Waals surface area contributed by atoms with Crippen molar-refractivity contribution in [1.29, 1.82) is 0 Å². The molecule has 0 spiro atoms. The number of thiophene rings is 1. The minimum atomic E-state index is -4.34. The van der Waals surface area contributed by atoms with Gasteiger partial charge in [-0.05, 0) is 43.2 Å². The molecular weight excluding hydrogens is 271 g/mol. The highest BCUT2D eigenvalue weighted by Crippen LogP contribution is 2.34. The fraction of sp³-hybridized carbons (Fsp3) is 0.286. The second kappa shape index (κ2) is 4.98. The lowest BCUT2D eigenvalue weighted by Gasteiger charge is -2.14. The molecule has 0 fully saturated rings. The first-order valence-electron chi connectivity index (χ1n) is 5.78. The third-order valence-corrected chi connectivity index (χ3v) is 4.17. The summed E-state index contributed by atoms with van der Waals surface area (Å²) in [6, 6.07) is 6.69. The van der Waals surface area contributed by atoms with Gasteiger partial charge in [0, 0.05) is 9.75 Å². The first-order valence-corrected chi connectivity index (χ1v) is 6.60. The maximum Gasteiger partial charge on any atom is 0.416 e. The lowest BCUT2D eigenvalue weighted by atomic mass is 10.0. The van der Waals surface area contributed by atoms with Crippen molar-refractivity contribution in [2.24, 2.45) is 5.73 Å². The Hall–Kier alpha value is -1.33. The molecule has 1 heterocycles. The van der Waals surface area contributed by atoms with Gasteiger partial charge in [-0.25, -0.2) is 0 Å². The van der Waals surface area contributed by atoms with Crippen LogP contribution in [0, 0.1) is 13.8 Å². The first-order chi connectivity index (χ1) is 8.79. The van der Waals surface area contributed by atoms with Crippen molar-refractivity contribution in [1.82, 2.24) is 0 Å². The molecule has 0 saturated carbocycles. The molecule has 5 heteroatoms. The maximum atomic E-state index is 12.7. The minimum absolute atomic E-state index is 0.486. The van der Waals surface area contributed by atoms with E-state index in [9.17, 15) is 13.2 Å². The van der Waals surface area contributed by atoms with Crippen LogP contribution >= 0.6 is 11.3 Å². The second-order valence-corrected chi connectivity index (χ2v) is 5.79. The Morgan fingerprint density at radius 2 is 1.84 bits per heavy atom. The first kappa shape index (κ1) is 14.1. The summed E-state index contributed by atoms with van der Waals surface area (Å²) >= 11 is 1.52. The van der Waals surface area contributed by atoms with Crippen molar-refractivity contribution in [3.05, 3.63) is 56.8 Å². The number of halogens is 3. The molecule has 2 aromatic rings. The average Bonchev–Trinajstić information content (AvgIpc) is 2.66. The van der Waals surface area contributed by atoms with Crippen molar-refractivity contribution in [3.63, 3.8) is 0 Å². The van der Waals surface area contributed by atoms with Gasteiger partial charge < -0.3 is 5.73 Å². The van der Waals surface area contributed by atoms with E-state index in [2.05, 4.69) is 0 Å². The molecule has 0 amide bonds. The van der Waals surface area contributed by atoms with Crippen LogP contribution in [0.4, 0.5) is 13.2 Å². The fourth-order valence-electron chi connectivity index (χ4n) is 2.03. The van der Waals surface area contributed by atoms with E-state index in [-0.39, 0.29) is 0 Å². The molecule has 19 heavy (non-hydrogen) atoms. The fourth-order valence-corrected chi connectivity index (χ4v) is 3.09. The van der Waals surface area contributed by atoms with Gasteiger partial charge >= 0.3 is 6.18 Å². The lowest BCUT2D eigenvalue weighted by molar-refractivity contribution is -0.137. The predicted octanol–water partition coefficient (Wildman–Crippen LogP) is 4.43. The van der Waals surface area contributed by atoms with Crippen LogP contribution in [-0.2, 0) is 6.18 Å². The molecule has 0 radical (unpaired) electrons. The highest BCUT2D eigenvalue weighted by atomic mass is 32.1. The van der Waals surface area contributed by atoms with Crippen molar-refractivity contribution in [2.75, 3.05) is 0 Å². The lowest BCUT2D eigenvalue weighted by Crippen LogP contribution is -2.13. The molecule has 0 bridgehead atoms. The van der Waals surface area contributed by atoms with Crippen LogP contribution in [0.3, 0.4) is 0 Å². The number of aryl methyl sites for hydroxylation is 2. The third kappa shape index (κ3) is 2.98. The highest BCUT2D eigenvalue weighted by molar-refractivity contribution is 7.12. The van der Waals surface area contributed by atoms with Crippen molar-refractivity contribution in [2.45, 2.75) is 26.1 Å². The van der Waals surface area contributed by atoms with E-state index < -0.39 is 17.8 Å². The summed E-state index contributed by atoms with van der Waals surface area (Å²) in [4.78, 5) is 2.02. The van der Waals surface area contributed by atoms with Gasteiger partial charge in [0.25, 0.3) is 0 Å². The van der Waals surface area contributed by atoms with Crippen LogP contribution in [0.25, 0.3) is 0 Å². The van der Waals surface area contributed by atoms with Crippen LogP contribution in [0.15, 0.2) is 30.3 Å². The van der Waals surface area contributed by atoms with Gasteiger partial charge in [-0.3, -0.25) is 0 Å². The molecule has 0 aliphatic carbocycles. The molecular formula is C14H14F3NS. The highest BCUT2D eigenvalue weighted by Gasteiger charge is 2.31. The number of nitrogens with two attached hydrogens (primary N) is 1. The van der Waals surface area contributed by atoms with Crippen molar-refractivity contribution in [3.8, 4) is 0 Å². The molecule has 1 aromatic heterocycles. The Bertz CT molecular complexity index is 587. The van der Waals surface area contributed by atoms with E-state index in [1.165, 1.54) is 17.4 Å². The van der Waals surface area contributed by atoms with Gasteiger partial charge in [-0.1, -0.05) is 12.1 Å². The zero-order valence-electron chi connectivity index (χ0n) is 10.6. The largest absolute Gasteiger partial charge is 0.416 e. The number of hydrogen-bond donors (Lipinski definition) is 1. The van der Waals surface area contributed by atoms with Crippen LogP contribution in [0.2, 0.25) is 0 Å². The van der Waals surface area contributed by atoms with E-state index in [0.717, 1.165) is 27.5 Å². The van der Waals surface area contributed by atoms with Crippen LogP contribution in [0.1, 0.15) is 32.5 Å². The van der Waals surface area contributed by atoms with Gasteiger partial charge in [0.15, 0.2) is 0 Å². The molecule has 0 aliphatic rings. The van der Waals surface area contributed by atoms with Crippen LogP contribution in [0.5, 0.6) is 0 Å². The Balaban J connectivity index is 2.39. The molecule has 1 atom stereocenters. The summed E-state index contributed by atoms with van der Waals surface area (Å²) < 4.78 is 38.0. The summed E-state index contributed by atoms with van der Waals surface area (Å²) in [6.07, 6.45) is -4.34. The zero-order valence-corrected chi connectivity index (χ0v) is 11.4. The average molecular weight is 285 g/mol. The monoisotopic (exact) mass is 285 g/mol. The van der Waals surface area contributed by atoms with E-state index >= 15 is 0 Å². The summed E-state index contributed by atoms with van der Waals surface area (Å²) in [7, 11) is 0. The number of rotatable bonds is 2. The molecule has 1 aromatic carbocycles. The SMILES string of the molecule is Cc1cc(C)c(C(N)c2cccc(C(F)(F)F)c2)s1. The summed E-state index contributed by atoms with van der Waals surface area (Å²) in [5.74, 6) is 0. The molecule has 1 nitrogen and oxygen atoms in total. The molecule has 1 unspecified atom stereocenters. The standard InChI is InChI=1S/C14H14F3NS/c1-8-6-9(2)19-13(8)12(18)10-4-3-5-11(7-10)14(15,16)17/h3-7,12H,18H2,1-2H3.